The number of halogens is 1. The fraction of sp³-hybridized carbons (Fsp3) is 0.367. The van der Waals surface area contributed by atoms with E-state index < -0.39 is 4.75 Å². The molecule has 0 radical (unpaired) electrons. The molecule has 38 heavy (non-hydrogen) atoms. The van der Waals surface area contributed by atoms with Crippen LogP contribution in [0.2, 0.25) is 0 Å². The summed E-state index contributed by atoms with van der Waals surface area (Å²) >= 11 is 1.57. The molecule has 0 fully saturated rings. The normalized spacial score (nSPS) is 16.4. The van der Waals surface area contributed by atoms with Gasteiger partial charge in [-0.15, -0.1) is 12.4 Å². The number of rotatable bonds is 9. The number of benzene rings is 3. The number of nitrogens with zero attached hydrogens (tertiary/aromatic N) is 2. The fourth-order valence-electron chi connectivity index (χ4n) is 5.03. The number of thioether (sulfide) groups is 1. The summed E-state index contributed by atoms with van der Waals surface area (Å²) in [6.45, 7) is 5.85. The van der Waals surface area contributed by atoms with Crippen LogP contribution in [-0.4, -0.2) is 42.4 Å². The third kappa shape index (κ3) is 6.15. The van der Waals surface area contributed by atoms with E-state index in [9.17, 15) is 15.5 Å². The summed E-state index contributed by atoms with van der Waals surface area (Å²) in [4.78, 5) is 3.42. The summed E-state index contributed by atoms with van der Waals surface area (Å²) in [5.41, 5.74) is 4.18. The molecule has 2 atom stereocenters. The Morgan fingerprint density at radius 1 is 1.03 bits per heavy atom. The van der Waals surface area contributed by atoms with Crippen LogP contribution in [0.3, 0.4) is 0 Å². The Kier molecular flexibility index (Phi) is 9.83. The van der Waals surface area contributed by atoms with Crippen molar-refractivity contribution in [1.82, 2.24) is 4.90 Å². The SMILES string of the molecule is COc1ccc(C(C#N)(CCCN2CCc3cc(O)c(O)cc3C2C)Sc2ccc(C)cc2)cc1OC.Cl. The fourth-order valence-corrected chi connectivity index (χ4v) is 6.24. The van der Waals surface area contributed by atoms with Crippen LogP contribution in [0.1, 0.15) is 48.1 Å². The Bertz CT molecular complexity index is 1290. The maximum atomic E-state index is 10.6. The molecule has 0 saturated carbocycles. The van der Waals surface area contributed by atoms with Crippen molar-refractivity contribution in [2.75, 3.05) is 27.3 Å². The number of aromatic hydroxyl groups is 2. The second kappa shape index (κ2) is 12.7. The Morgan fingerprint density at radius 2 is 1.71 bits per heavy atom. The summed E-state index contributed by atoms with van der Waals surface area (Å²) in [6, 6.07) is 20.1. The smallest absolute Gasteiger partial charge is 0.161 e. The number of nitriles is 1. The van der Waals surface area contributed by atoms with Crippen LogP contribution < -0.4 is 9.47 Å². The van der Waals surface area contributed by atoms with E-state index in [4.69, 9.17) is 9.47 Å². The van der Waals surface area contributed by atoms with E-state index in [1.54, 1.807) is 38.1 Å². The summed E-state index contributed by atoms with van der Waals surface area (Å²) in [5, 5.41) is 30.5. The Balaban J connectivity index is 0.00000400. The number of hydrogen-bond donors (Lipinski definition) is 2. The lowest BCUT2D eigenvalue weighted by molar-refractivity contribution is 0.193. The highest BCUT2D eigenvalue weighted by atomic mass is 35.5. The molecule has 0 aliphatic carbocycles. The van der Waals surface area contributed by atoms with Crippen molar-refractivity contribution in [3.8, 4) is 29.1 Å². The molecule has 4 rings (SSSR count). The van der Waals surface area contributed by atoms with E-state index in [2.05, 4.69) is 49.1 Å². The number of hydrogen-bond acceptors (Lipinski definition) is 7. The largest absolute Gasteiger partial charge is 0.504 e. The average Bonchev–Trinajstić information content (AvgIpc) is 2.91. The summed E-state index contributed by atoms with van der Waals surface area (Å²) in [6.07, 6.45) is 2.27. The molecule has 1 heterocycles. The number of methoxy groups -OCH3 is 2. The zero-order valence-electron chi connectivity index (χ0n) is 22.2. The third-order valence-corrected chi connectivity index (χ3v) is 8.61. The second-order valence-corrected chi connectivity index (χ2v) is 10.9. The van der Waals surface area contributed by atoms with Gasteiger partial charge in [-0.2, -0.15) is 5.26 Å². The lowest BCUT2D eigenvalue weighted by Crippen LogP contribution is -2.35. The average molecular weight is 555 g/mol. The lowest BCUT2D eigenvalue weighted by atomic mass is 9.91. The first-order chi connectivity index (χ1) is 17.8. The quantitative estimate of drug-likeness (QED) is 0.223. The van der Waals surface area contributed by atoms with E-state index in [-0.39, 0.29) is 29.9 Å². The minimum atomic E-state index is -0.810. The first kappa shape index (κ1) is 29.5. The first-order valence-electron chi connectivity index (χ1n) is 12.5. The van der Waals surface area contributed by atoms with Crippen LogP contribution in [0.4, 0.5) is 0 Å². The van der Waals surface area contributed by atoms with Crippen LogP contribution >= 0.6 is 24.2 Å². The van der Waals surface area contributed by atoms with Gasteiger partial charge in [0.1, 0.15) is 4.75 Å². The van der Waals surface area contributed by atoms with Crippen LogP contribution in [-0.2, 0) is 11.2 Å². The molecule has 3 aromatic carbocycles. The predicted octanol–water partition coefficient (Wildman–Crippen LogP) is 6.76. The topological polar surface area (TPSA) is 86.0 Å². The van der Waals surface area contributed by atoms with Crippen molar-refractivity contribution in [3.05, 3.63) is 76.9 Å². The monoisotopic (exact) mass is 554 g/mol. The number of phenolic OH excluding ortho intramolecular Hbond substituents is 2. The van der Waals surface area contributed by atoms with Gasteiger partial charge in [0.15, 0.2) is 23.0 Å². The molecule has 0 aromatic heterocycles. The van der Waals surface area contributed by atoms with Gasteiger partial charge in [0.05, 0.1) is 20.3 Å². The van der Waals surface area contributed by atoms with Crippen molar-refractivity contribution < 1.29 is 19.7 Å². The number of fused-ring (bicyclic) bond motifs is 1. The van der Waals surface area contributed by atoms with Gasteiger partial charge in [-0.1, -0.05) is 35.5 Å². The lowest BCUT2D eigenvalue weighted by Gasteiger charge is -2.36. The van der Waals surface area contributed by atoms with Crippen molar-refractivity contribution in [1.29, 1.82) is 5.26 Å². The number of aryl methyl sites for hydroxylation is 1. The van der Waals surface area contributed by atoms with Crippen LogP contribution in [0.5, 0.6) is 23.0 Å². The van der Waals surface area contributed by atoms with Gasteiger partial charge in [-0.3, -0.25) is 4.90 Å². The minimum Gasteiger partial charge on any atom is -0.504 e. The molecule has 1 aliphatic rings. The van der Waals surface area contributed by atoms with E-state index in [0.717, 1.165) is 47.5 Å². The molecule has 0 bridgehead atoms. The summed E-state index contributed by atoms with van der Waals surface area (Å²) < 4.78 is 10.2. The maximum Gasteiger partial charge on any atom is 0.161 e. The number of phenols is 2. The zero-order chi connectivity index (χ0) is 26.6. The zero-order valence-corrected chi connectivity index (χ0v) is 23.9. The van der Waals surface area contributed by atoms with Gasteiger partial charge in [-0.25, -0.2) is 0 Å². The van der Waals surface area contributed by atoms with Crippen molar-refractivity contribution in [2.24, 2.45) is 0 Å². The van der Waals surface area contributed by atoms with Crippen molar-refractivity contribution in [3.63, 3.8) is 0 Å². The molecule has 0 saturated heterocycles. The first-order valence-corrected chi connectivity index (χ1v) is 13.3. The molecule has 0 amide bonds. The molecule has 6 nitrogen and oxygen atoms in total. The Morgan fingerprint density at radius 3 is 2.37 bits per heavy atom. The summed E-state index contributed by atoms with van der Waals surface area (Å²) in [5.74, 6) is 1.09. The third-order valence-electron chi connectivity index (χ3n) is 7.22. The maximum absolute atomic E-state index is 10.6. The van der Waals surface area contributed by atoms with Crippen LogP contribution in [0.15, 0.2) is 59.5 Å². The molecular formula is C30H35ClN2O4S. The van der Waals surface area contributed by atoms with E-state index >= 15 is 0 Å². The highest BCUT2D eigenvalue weighted by Gasteiger charge is 2.35. The highest BCUT2D eigenvalue weighted by Crippen LogP contribution is 2.47. The van der Waals surface area contributed by atoms with E-state index in [1.165, 1.54) is 5.56 Å². The van der Waals surface area contributed by atoms with Gasteiger partial charge in [0, 0.05) is 17.5 Å². The number of ether oxygens (including phenoxy) is 2. The molecule has 3 aromatic rings. The second-order valence-electron chi connectivity index (χ2n) is 9.53. The van der Waals surface area contributed by atoms with Crippen LogP contribution in [0, 0.1) is 18.3 Å². The van der Waals surface area contributed by atoms with Crippen molar-refractivity contribution >= 4 is 24.2 Å². The molecule has 2 N–H and O–H groups in total. The van der Waals surface area contributed by atoms with Crippen molar-refractivity contribution in [2.45, 2.75) is 48.8 Å². The highest BCUT2D eigenvalue weighted by molar-refractivity contribution is 8.00. The molecule has 202 valence electrons. The van der Waals surface area contributed by atoms with Gasteiger partial charge in [0.2, 0.25) is 0 Å². The Labute approximate surface area is 235 Å². The van der Waals surface area contributed by atoms with Gasteiger partial charge in [0.25, 0.3) is 0 Å². The van der Waals surface area contributed by atoms with E-state index in [1.807, 2.05) is 18.2 Å². The van der Waals surface area contributed by atoms with E-state index in [0.29, 0.717) is 17.9 Å². The minimum absolute atomic E-state index is 0. The Hall–Kier alpha value is -3.05. The molecule has 0 spiro atoms. The summed E-state index contributed by atoms with van der Waals surface area (Å²) in [7, 11) is 3.21. The molecular weight excluding hydrogens is 520 g/mol. The van der Waals surface area contributed by atoms with Gasteiger partial charge >= 0.3 is 0 Å². The van der Waals surface area contributed by atoms with Gasteiger partial charge < -0.3 is 19.7 Å². The molecule has 8 heteroatoms. The van der Waals surface area contributed by atoms with Crippen LogP contribution in [0.25, 0.3) is 0 Å². The molecule has 2 unspecified atom stereocenters. The molecule has 1 aliphatic heterocycles. The van der Waals surface area contributed by atoms with Gasteiger partial charge in [-0.05, 0) is 92.7 Å². The predicted molar refractivity (Wildman–Crippen MR) is 154 cm³/mol. The standard InChI is InChI=1S/C30H34N2O4S.ClH/c1-20-6-9-24(10-7-20)37-30(19-31,23-8-11-28(35-3)29(17-23)36-4)13-5-14-32-15-12-22-16-26(33)27(34)18-25(22)21(32)2;/h6-11,16-18,21,33-34H,5,12-15H2,1-4H3;1H.